The molecule has 0 atom stereocenters. The maximum absolute atomic E-state index is 6.28. The van der Waals surface area contributed by atoms with E-state index in [4.69, 9.17) is 4.43 Å². The Balaban J connectivity index is 2.54. The first kappa shape index (κ1) is 15.5. The molecule has 0 N–H and O–H groups in total. The third-order valence-electron chi connectivity index (χ3n) is 2.84. The highest BCUT2D eigenvalue weighted by molar-refractivity contribution is 6.58. The van der Waals surface area contributed by atoms with Crippen molar-refractivity contribution in [3.05, 3.63) is 35.9 Å². The molecule has 0 bridgehead atoms. The second kappa shape index (κ2) is 6.03. The van der Waals surface area contributed by atoms with Crippen molar-refractivity contribution in [1.29, 1.82) is 0 Å². The SMILES string of the molecule is CC(C)(C)[Si](OCCc1ccccc1)C(C)(C)C. The van der Waals surface area contributed by atoms with Crippen molar-refractivity contribution in [2.24, 2.45) is 0 Å². The summed E-state index contributed by atoms with van der Waals surface area (Å²) in [6.45, 7) is 14.6. The Morgan fingerprint density at radius 2 is 1.39 bits per heavy atom. The van der Waals surface area contributed by atoms with Crippen molar-refractivity contribution >= 4 is 9.04 Å². The summed E-state index contributed by atoms with van der Waals surface area (Å²) < 4.78 is 6.28. The van der Waals surface area contributed by atoms with Gasteiger partial charge in [-0.25, -0.2) is 0 Å². The molecule has 0 aliphatic heterocycles. The monoisotopic (exact) mass is 263 g/mol. The van der Waals surface area contributed by atoms with E-state index in [9.17, 15) is 0 Å². The summed E-state index contributed by atoms with van der Waals surface area (Å²) in [4.78, 5) is 0. The number of hydrogen-bond donors (Lipinski definition) is 0. The Morgan fingerprint density at radius 3 is 1.83 bits per heavy atom. The Morgan fingerprint density at radius 1 is 0.889 bits per heavy atom. The first-order valence-corrected chi connectivity index (χ1v) is 8.17. The second-order valence-electron chi connectivity index (χ2n) is 6.91. The zero-order chi connectivity index (χ0) is 13.8. The topological polar surface area (TPSA) is 9.23 Å². The van der Waals surface area contributed by atoms with E-state index in [1.165, 1.54) is 5.56 Å². The minimum Gasteiger partial charge on any atom is -0.415 e. The summed E-state index contributed by atoms with van der Waals surface area (Å²) in [5, 5.41) is 0.555. The van der Waals surface area contributed by atoms with Crippen LogP contribution in [0.1, 0.15) is 47.1 Å². The summed E-state index contributed by atoms with van der Waals surface area (Å²) in [5.74, 6) is 0. The molecule has 1 aromatic carbocycles. The van der Waals surface area contributed by atoms with Crippen LogP contribution < -0.4 is 0 Å². The van der Waals surface area contributed by atoms with Crippen LogP contribution >= 0.6 is 0 Å². The van der Waals surface area contributed by atoms with Crippen molar-refractivity contribution < 1.29 is 4.43 Å². The second-order valence-corrected chi connectivity index (χ2v) is 10.9. The van der Waals surface area contributed by atoms with Crippen LogP contribution in [0.3, 0.4) is 0 Å². The molecule has 101 valence electrons. The lowest BCUT2D eigenvalue weighted by Gasteiger charge is -2.37. The predicted octanol–water partition coefficient (Wildman–Crippen LogP) is 4.84. The van der Waals surface area contributed by atoms with Crippen molar-refractivity contribution in [1.82, 2.24) is 0 Å². The lowest BCUT2D eigenvalue weighted by Crippen LogP contribution is -2.38. The summed E-state index contributed by atoms with van der Waals surface area (Å²) in [7, 11) is -0.845. The molecule has 0 aliphatic carbocycles. The van der Waals surface area contributed by atoms with Gasteiger partial charge in [0.1, 0.15) is 0 Å². The highest BCUT2D eigenvalue weighted by Crippen LogP contribution is 2.42. The summed E-state index contributed by atoms with van der Waals surface area (Å²) in [6.07, 6.45) is 1.02. The zero-order valence-corrected chi connectivity index (χ0v) is 13.7. The molecule has 1 aromatic rings. The lowest BCUT2D eigenvalue weighted by molar-refractivity contribution is 0.286. The normalized spacial score (nSPS) is 13.1. The number of benzene rings is 1. The van der Waals surface area contributed by atoms with Crippen molar-refractivity contribution in [2.75, 3.05) is 6.61 Å². The molecule has 1 radical (unpaired) electrons. The molecule has 1 rings (SSSR count). The minimum atomic E-state index is -0.845. The summed E-state index contributed by atoms with van der Waals surface area (Å²) in [5.41, 5.74) is 1.36. The largest absolute Gasteiger partial charge is 0.415 e. The van der Waals surface area contributed by atoms with Crippen LogP contribution in [-0.4, -0.2) is 15.6 Å². The van der Waals surface area contributed by atoms with Crippen LogP contribution in [0.2, 0.25) is 10.1 Å². The fourth-order valence-electron chi connectivity index (χ4n) is 2.47. The van der Waals surface area contributed by atoms with Crippen LogP contribution in [0, 0.1) is 0 Å². The summed E-state index contributed by atoms with van der Waals surface area (Å²) in [6, 6.07) is 10.6. The van der Waals surface area contributed by atoms with E-state index in [1.807, 2.05) is 0 Å². The molecule has 2 heteroatoms. The molecule has 0 amide bonds. The number of rotatable bonds is 4. The molecule has 0 heterocycles. The summed E-state index contributed by atoms with van der Waals surface area (Å²) >= 11 is 0. The third kappa shape index (κ3) is 4.95. The molecule has 0 spiro atoms. The van der Waals surface area contributed by atoms with Gasteiger partial charge in [-0.3, -0.25) is 0 Å². The van der Waals surface area contributed by atoms with Crippen molar-refractivity contribution in [3.8, 4) is 0 Å². The van der Waals surface area contributed by atoms with Gasteiger partial charge in [-0.05, 0) is 22.1 Å². The molecule has 0 saturated carbocycles. The molecule has 0 aromatic heterocycles. The van der Waals surface area contributed by atoms with Gasteiger partial charge < -0.3 is 4.43 Å². The van der Waals surface area contributed by atoms with Crippen LogP contribution in [0.15, 0.2) is 30.3 Å². The smallest absolute Gasteiger partial charge is 0.222 e. The maximum atomic E-state index is 6.28. The fourth-order valence-corrected chi connectivity index (χ4v) is 5.90. The van der Waals surface area contributed by atoms with Gasteiger partial charge in [0.25, 0.3) is 0 Å². The Labute approximate surface area is 114 Å². The van der Waals surface area contributed by atoms with Gasteiger partial charge in [-0.15, -0.1) is 0 Å². The zero-order valence-electron chi connectivity index (χ0n) is 12.7. The number of hydrogen-bond acceptors (Lipinski definition) is 1. The van der Waals surface area contributed by atoms with Gasteiger partial charge in [-0.2, -0.15) is 0 Å². The predicted molar refractivity (Wildman–Crippen MR) is 81.3 cm³/mol. The van der Waals surface area contributed by atoms with Crippen molar-refractivity contribution in [3.63, 3.8) is 0 Å². The molecule has 0 unspecified atom stereocenters. The van der Waals surface area contributed by atoms with Gasteiger partial charge >= 0.3 is 0 Å². The standard InChI is InChI=1S/C16H27OSi/c1-15(2,3)18(16(4,5)6)17-13-12-14-10-8-7-9-11-14/h7-11H,12-13H2,1-6H3. The molecule has 0 fully saturated rings. The van der Waals surface area contributed by atoms with Crippen LogP contribution in [0.4, 0.5) is 0 Å². The van der Waals surface area contributed by atoms with E-state index in [-0.39, 0.29) is 10.1 Å². The minimum absolute atomic E-state index is 0.277. The van der Waals surface area contributed by atoms with E-state index in [0.29, 0.717) is 0 Å². The van der Waals surface area contributed by atoms with Crippen molar-refractivity contribution in [2.45, 2.75) is 58.0 Å². The molecule has 1 nitrogen and oxygen atoms in total. The fraction of sp³-hybridized carbons (Fsp3) is 0.625. The first-order chi connectivity index (χ1) is 8.21. The van der Waals surface area contributed by atoms with Gasteiger partial charge in [0, 0.05) is 6.61 Å². The molecule has 0 aliphatic rings. The van der Waals surface area contributed by atoms with E-state index < -0.39 is 9.04 Å². The van der Waals surface area contributed by atoms with E-state index >= 15 is 0 Å². The average Bonchev–Trinajstić information content (AvgIpc) is 2.22. The molecular weight excluding hydrogens is 236 g/mol. The maximum Gasteiger partial charge on any atom is 0.222 e. The van der Waals surface area contributed by atoms with Crippen LogP contribution in [0.5, 0.6) is 0 Å². The highest BCUT2D eigenvalue weighted by atomic mass is 28.3. The van der Waals surface area contributed by atoms with Gasteiger partial charge in [0.2, 0.25) is 9.04 Å². The van der Waals surface area contributed by atoms with E-state index in [0.717, 1.165) is 13.0 Å². The third-order valence-corrected chi connectivity index (χ3v) is 6.06. The van der Waals surface area contributed by atoms with Crippen LogP contribution in [-0.2, 0) is 10.8 Å². The first-order valence-electron chi connectivity index (χ1n) is 6.76. The molecule has 0 saturated heterocycles. The van der Waals surface area contributed by atoms with Gasteiger partial charge in [0.05, 0.1) is 0 Å². The Hall–Kier alpha value is -0.603. The molecular formula is C16H27OSi. The lowest BCUT2D eigenvalue weighted by atomic mass is 10.2. The Bertz CT molecular complexity index is 332. The van der Waals surface area contributed by atoms with Crippen LogP contribution in [0.25, 0.3) is 0 Å². The van der Waals surface area contributed by atoms with Gasteiger partial charge in [-0.1, -0.05) is 71.9 Å². The van der Waals surface area contributed by atoms with E-state index in [2.05, 4.69) is 71.9 Å². The quantitative estimate of drug-likeness (QED) is 0.706. The van der Waals surface area contributed by atoms with Gasteiger partial charge in [0.15, 0.2) is 0 Å². The highest BCUT2D eigenvalue weighted by Gasteiger charge is 2.39. The Kier molecular flexibility index (Phi) is 5.17. The molecule has 18 heavy (non-hydrogen) atoms. The van der Waals surface area contributed by atoms with E-state index in [1.54, 1.807) is 0 Å². The average molecular weight is 263 g/mol.